The normalized spacial score (nSPS) is 24.3. The van der Waals surface area contributed by atoms with Gasteiger partial charge >= 0.3 is 5.97 Å². The van der Waals surface area contributed by atoms with Crippen molar-refractivity contribution in [2.75, 3.05) is 37.5 Å². The molecule has 47 heavy (non-hydrogen) atoms. The third kappa shape index (κ3) is 8.53. The van der Waals surface area contributed by atoms with Crippen LogP contribution < -0.4 is 14.8 Å². The molecule has 0 radical (unpaired) electrons. The maximum absolute atomic E-state index is 13.2. The van der Waals surface area contributed by atoms with E-state index in [0.717, 1.165) is 67.2 Å². The molecule has 0 saturated heterocycles. The third-order valence-corrected chi connectivity index (χ3v) is 11.1. The highest BCUT2D eigenvalue weighted by molar-refractivity contribution is 7.89. The van der Waals surface area contributed by atoms with Crippen molar-refractivity contribution < 1.29 is 27.4 Å². The Morgan fingerprint density at radius 3 is 2.64 bits per heavy atom. The van der Waals surface area contributed by atoms with Crippen molar-refractivity contribution in [1.82, 2.24) is 0 Å². The van der Waals surface area contributed by atoms with Crippen molar-refractivity contribution in [3.63, 3.8) is 0 Å². The predicted molar refractivity (Wildman–Crippen MR) is 188 cm³/mol. The second kappa shape index (κ2) is 14.1. The molecular weight excluding hydrogens is 636 g/mol. The molecular formula is C37H51ClN2O6S. The number of rotatable bonds is 10. The van der Waals surface area contributed by atoms with Gasteiger partial charge in [-0.25, -0.2) is 18.4 Å². The molecule has 0 aromatic heterocycles. The standard InChI is InChI=1S/C37H51ClN2O6S/c1-24(15-17-47(39,42)43)18-25(2)34(44-6)30-12-9-28(30)21-40-22-37(16-7-8-26-19-29(38)11-13-31(26)37)23-45-33-14-10-27(20-32(33)40)35(41)46-36(3,4)5/h10-11,13-14,18-20,24,28,30,34H,7-9,12,15-17,21-23H2,1-6H3,(H2,39,42,43)/b25-18+/t24?,28-,30+,34+,37-/m0/s1. The maximum atomic E-state index is 13.2. The summed E-state index contributed by atoms with van der Waals surface area (Å²) >= 11 is 6.45. The van der Waals surface area contributed by atoms with Gasteiger partial charge < -0.3 is 19.1 Å². The fourth-order valence-electron chi connectivity index (χ4n) is 7.76. The van der Waals surface area contributed by atoms with E-state index in [9.17, 15) is 13.2 Å². The monoisotopic (exact) mass is 686 g/mol. The highest BCUT2D eigenvalue weighted by Gasteiger charge is 2.45. The largest absolute Gasteiger partial charge is 0.490 e. The molecule has 2 N–H and O–H groups in total. The number of methoxy groups -OCH3 is 1. The van der Waals surface area contributed by atoms with E-state index in [0.29, 0.717) is 30.4 Å². The molecule has 0 amide bonds. The van der Waals surface area contributed by atoms with Crippen molar-refractivity contribution in [3.8, 4) is 5.75 Å². The summed E-state index contributed by atoms with van der Waals surface area (Å²) in [5.41, 5.74) is 4.29. The number of carbonyl (C=O) groups excluding carboxylic acids is 1. The maximum Gasteiger partial charge on any atom is 0.338 e. The quantitative estimate of drug-likeness (QED) is 0.210. The van der Waals surface area contributed by atoms with Crippen LogP contribution in [-0.4, -0.2) is 58.7 Å². The number of hydrogen-bond acceptors (Lipinski definition) is 7. The number of nitrogens with two attached hydrogens (primary N) is 1. The number of primary sulfonamides is 1. The van der Waals surface area contributed by atoms with Crippen molar-refractivity contribution in [1.29, 1.82) is 0 Å². The zero-order valence-corrected chi connectivity index (χ0v) is 30.3. The van der Waals surface area contributed by atoms with E-state index >= 15 is 0 Å². The van der Waals surface area contributed by atoms with E-state index in [4.69, 9.17) is 31.0 Å². The molecule has 0 bridgehead atoms. The van der Waals surface area contributed by atoms with E-state index in [2.05, 4.69) is 30.0 Å². The molecule has 2 aromatic rings. The lowest BCUT2D eigenvalue weighted by Gasteiger charge is -2.46. The van der Waals surface area contributed by atoms with Gasteiger partial charge in [-0.3, -0.25) is 0 Å². The van der Waals surface area contributed by atoms with Crippen LogP contribution in [0, 0.1) is 17.8 Å². The van der Waals surface area contributed by atoms with Crippen LogP contribution in [0.4, 0.5) is 5.69 Å². The van der Waals surface area contributed by atoms with Crippen molar-refractivity contribution >= 4 is 33.3 Å². The van der Waals surface area contributed by atoms with E-state index in [-0.39, 0.29) is 29.2 Å². The van der Waals surface area contributed by atoms with Gasteiger partial charge in [-0.1, -0.05) is 30.7 Å². The number of ether oxygens (including phenoxy) is 3. The first-order valence-electron chi connectivity index (χ1n) is 16.8. The van der Waals surface area contributed by atoms with Gasteiger partial charge in [0.15, 0.2) is 0 Å². The highest BCUT2D eigenvalue weighted by atomic mass is 35.5. The fourth-order valence-corrected chi connectivity index (χ4v) is 8.65. The molecule has 1 unspecified atom stereocenters. The van der Waals surface area contributed by atoms with Crippen LogP contribution in [0.2, 0.25) is 5.02 Å². The van der Waals surface area contributed by atoms with E-state index in [1.165, 1.54) is 11.1 Å². The predicted octanol–water partition coefficient (Wildman–Crippen LogP) is 7.07. The lowest BCUT2D eigenvalue weighted by molar-refractivity contribution is 0.00601. The zero-order chi connectivity index (χ0) is 34.1. The summed E-state index contributed by atoms with van der Waals surface area (Å²) in [6.45, 7) is 11.8. The Morgan fingerprint density at radius 2 is 1.98 bits per heavy atom. The van der Waals surface area contributed by atoms with Gasteiger partial charge in [0.1, 0.15) is 11.4 Å². The van der Waals surface area contributed by atoms with Gasteiger partial charge in [-0.2, -0.15) is 0 Å². The molecule has 1 saturated carbocycles. The lowest BCUT2D eigenvalue weighted by Crippen LogP contribution is -2.50. The van der Waals surface area contributed by atoms with Gasteiger partial charge in [0.2, 0.25) is 10.0 Å². The summed E-state index contributed by atoms with van der Waals surface area (Å²) in [5, 5.41) is 6.00. The Balaban J connectivity index is 1.46. The Bertz CT molecular complexity index is 1600. The Hall–Kier alpha value is -2.59. The number of esters is 1. The van der Waals surface area contributed by atoms with Crippen LogP contribution >= 0.6 is 11.6 Å². The van der Waals surface area contributed by atoms with Gasteiger partial charge in [0.05, 0.1) is 29.7 Å². The van der Waals surface area contributed by atoms with Crippen molar-refractivity contribution in [2.24, 2.45) is 22.9 Å². The van der Waals surface area contributed by atoms with Crippen LogP contribution in [0.5, 0.6) is 5.75 Å². The van der Waals surface area contributed by atoms with Crippen LogP contribution in [0.15, 0.2) is 48.0 Å². The van der Waals surface area contributed by atoms with Gasteiger partial charge in [-0.15, -0.1) is 0 Å². The van der Waals surface area contributed by atoms with Crippen LogP contribution in [-0.2, 0) is 31.3 Å². The smallest absolute Gasteiger partial charge is 0.338 e. The molecule has 5 atom stereocenters. The van der Waals surface area contributed by atoms with Crippen LogP contribution in [0.3, 0.4) is 0 Å². The molecule has 8 nitrogen and oxygen atoms in total. The second-order valence-electron chi connectivity index (χ2n) is 15.0. The zero-order valence-electron chi connectivity index (χ0n) is 28.7. The summed E-state index contributed by atoms with van der Waals surface area (Å²) in [4.78, 5) is 15.6. The summed E-state index contributed by atoms with van der Waals surface area (Å²) in [6, 6.07) is 11.9. The summed E-state index contributed by atoms with van der Waals surface area (Å²) in [5.74, 6) is 1.09. The van der Waals surface area contributed by atoms with Crippen molar-refractivity contribution in [3.05, 3.63) is 69.8 Å². The Morgan fingerprint density at radius 1 is 1.21 bits per heavy atom. The topological polar surface area (TPSA) is 108 Å². The van der Waals surface area contributed by atoms with Gasteiger partial charge in [0, 0.05) is 30.6 Å². The van der Waals surface area contributed by atoms with Crippen LogP contribution in [0.1, 0.15) is 88.2 Å². The first-order chi connectivity index (χ1) is 22.1. The van der Waals surface area contributed by atoms with E-state index in [1.54, 1.807) is 13.2 Å². The minimum atomic E-state index is -3.51. The minimum absolute atomic E-state index is 0.0412. The van der Waals surface area contributed by atoms with Crippen LogP contribution in [0.25, 0.3) is 0 Å². The molecule has 10 heteroatoms. The molecule has 2 aromatic carbocycles. The number of allylic oxidation sites excluding steroid dienone is 1. The number of carbonyl (C=O) groups is 1. The molecule has 1 spiro atoms. The summed E-state index contributed by atoms with van der Waals surface area (Å²) in [6.07, 6.45) is 7.68. The van der Waals surface area contributed by atoms with E-state index < -0.39 is 15.6 Å². The Labute approximate surface area is 286 Å². The number of hydrogen-bond donors (Lipinski definition) is 1. The first kappa shape index (κ1) is 35.7. The molecule has 5 rings (SSSR count). The summed E-state index contributed by atoms with van der Waals surface area (Å²) < 4.78 is 41.5. The number of aryl methyl sites for hydroxylation is 1. The molecule has 3 aliphatic rings. The van der Waals surface area contributed by atoms with E-state index in [1.807, 2.05) is 45.9 Å². The number of halogens is 1. The van der Waals surface area contributed by atoms with Crippen molar-refractivity contribution in [2.45, 2.75) is 90.3 Å². The average molecular weight is 687 g/mol. The SMILES string of the molecule is CO[C@H](/C(C)=C/C(C)CCS(N)(=O)=O)[C@@H]1CC[C@H]1CN1C[C@@]2(CCCc3cc(Cl)ccc32)COc2ccc(C(=O)OC(C)(C)C)cc21. The Kier molecular flexibility index (Phi) is 10.7. The minimum Gasteiger partial charge on any atom is -0.490 e. The fraction of sp³-hybridized carbons (Fsp3) is 0.595. The number of fused-ring (bicyclic) bond motifs is 3. The number of benzene rings is 2. The molecule has 258 valence electrons. The first-order valence-corrected chi connectivity index (χ1v) is 18.9. The molecule has 1 heterocycles. The number of nitrogens with zero attached hydrogens (tertiary/aromatic N) is 1. The highest BCUT2D eigenvalue weighted by Crippen LogP contribution is 2.47. The third-order valence-electron chi connectivity index (χ3n) is 10.1. The lowest BCUT2D eigenvalue weighted by atomic mass is 9.67. The molecule has 1 aliphatic heterocycles. The number of sulfonamides is 1. The summed E-state index contributed by atoms with van der Waals surface area (Å²) in [7, 11) is -1.75. The average Bonchev–Trinajstić information content (AvgIpc) is 3.12. The van der Waals surface area contributed by atoms with Gasteiger partial charge in [-0.05, 0) is 131 Å². The number of anilines is 1. The second-order valence-corrected chi connectivity index (χ2v) is 17.2. The molecule has 2 aliphatic carbocycles. The van der Waals surface area contributed by atoms with Gasteiger partial charge in [0.25, 0.3) is 0 Å². The molecule has 1 fully saturated rings.